The Balaban J connectivity index is 1.30. The van der Waals surface area contributed by atoms with Gasteiger partial charge in [0, 0.05) is 29.2 Å². The Labute approximate surface area is 166 Å². The Kier molecular flexibility index (Phi) is 5.76. The molecular formula is C21H22BrF2NO2. The highest BCUT2D eigenvalue weighted by atomic mass is 79.9. The fraction of sp³-hybridized carbons (Fsp3) is 0.429. The van der Waals surface area contributed by atoms with Crippen LogP contribution in [0.25, 0.3) is 0 Å². The molecule has 4 rings (SSSR count). The minimum atomic E-state index is -0.426. The molecule has 3 atom stereocenters. The molecule has 0 spiro atoms. The molecule has 2 fully saturated rings. The van der Waals surface area contributed by atoms with Gasteiger partial charge in [-0.05, 0) is 61.7 Å². The van der Waals surface area contributed by atoms with E-state index in [1.54, 1.807) is 0 Å². The van der Waals surface area contributed by atoms with Crippen LogP contribution in [-0.2, 0) is 4.74 Å². The van der Waals surface area contributed by atoms with Crippen molar-refractivity contribution in [1.29, 1.82) is 0 Å². The lowest BCUT2D eigenvalue weighted by Crippen LogP contribution is -2.41. The number of rotatable bonds is 4. The second kappa shape index (κ2) is 8.25. The maximum Gasteiger partial charge on any atom is 0.129 e. The van der Waals surface area contributed by atoms with Gasteiger partial charge in [0.1, 0.15) is 23.5 Å². The zero-order valence-corrected chi connectivity index (χ0v) is 16.5. The van der Waals surface area contributed by atoms with Crippen LogP contribution >= 0.6 is 15.9 Å². The van der Waals surface area contributed by atoms with Crippen LogP contribution in [0.15, 0.2) is 46.9 Å². The van der Waals surface area contributed by atoms with Crippen molar-refractivity contribution in [3.8, 4) is 5.75 Å². The van der Waals surface area contributed by atoms with Gasteiger partial charge in [0.25, 0.3) is 0 Å². The van der Waals surface area contributed by atoms with E-state index in [-0.39, 0.29) is 12.2 Å². The molecule has 6 heteroatoms. The first kappa shape index (κ1) is 18.8. The zero-order valence-electron chi connectivity index (χ0n) is 14.9. The highest BCUT2D eigenvalue weighted by Gasteiger charge is 2.33. The molecule has 0 aliphatic carbocycles. The average molecular weight is 438 g/mol. The highest BCUT2D eigenvalue weighted by molar-refractivity contribution is 9.10. The predicted molar refractivity (Wildman–Crippen MR) is 103 cm³/mol. The normalized spacial score (nSPS) is 26.3. The van der Waals surface area contributed by atoms with Crippen LogP contribution in [-0.4, -0.2) is 36.7 Å². The summed E-state index contributed by atoms with van der Waals surface area (Å²) in [6.45, 7) is 2.36. The minimum absolute atomic E-state index is 0.171. The van der Waals surface area contributed by atoms with Crippen molar-refractivity contribution in [2.24, 2.45) is 0 Å². The van der Waals surface area contributed by atoms with Crippen molar-refractivity contribution < 1.29 is 18.3 Å². The SMILES string of the molecule is Fc1ccc(F)c([C@@H]2CC[C@@H](N3CC[C@@H](Oc4ccc(Br)cc4)C3)CO2)c1. The third-order valence-electron chi connectivity index (χ3n) is 5.37. The van der Waals surface area contributed by atoms with Gasteiger partial charge in [-0.15, -0.1) is 0 Å². The summed E-state index contributed by atoms with van der Waals surface area (Å²) >= 11 is 3.43. The molecule has 144 valence electrons. The molecule has 2 heterocycles. The van der Waals surface area contributed by atoms with E-state index in [0.717, 1.165) is 42.2 Å². The largest absolute Gasteiger partial charge is 0.489 e. The monoisotopic (exact) mass is 437 g/mol. The van der Waals surface area contributed by atoms with Crippen molar-refractivity contribution in [3.63, 3.8) is 0 Å². The molecule has 27 heavy (non-hydrogen) atoms. The number of likely N-dealkylation sites (tertiary alicyclic amines) is 1. The molecule has 0 radical (unpaired) electrons. The van der Waals surface area contributed by atoms with E-state index < -0.39 is 11.6 Å². The Morgan fingerprint density at radius 1 is 1.04 bits per heavy atom. The second-order valence-corrected chi connectivity index (χ2v) is 8.11. The van der Waals surface area contributed by atoms with Gasteiger partial charge in [0.05, 0.1) is 12.7 Å². The van der Waals surface area contributed by atoms with Crippen LogP contribution in [0.2, 0.25) is 0 Å². The quantitative estimate of drug-likeness (QED) is 0.663. The van der Waals surface area contributed by atoms with Gasteiger partial charge in [0.2, 0.25) is 0 Å². The maximum absolute atomic E-state index is 14.0. The van der Waals surface area contributed by atoms with Gasteiger partial charge in [-0.25, -0.2) is 8.78 Å². The molecule has 0 saturated carbocycles. The third kappa shape index (κ3) is 4.50. The van der Waals surface area contributed by atoms with Crippen LogP contribution in [0.1, 0.15) is 30.9 Å². The third-order valence-corrected chi connectivity index (χ3v) is 5.89. The Morgan fingerprint density at radius 2 is 1.85 bits per heavy atom. The van der Waals surface area contributed by atoms with E-state index in [4.69, 9.17) is 9.47 Å². The summed E-state index contributed by atoms with van der Waals surface area (Å²) in [5.74, 6) is 0.0557. The summed E-state index contributed by atoms with van der Waals surface area (Å²) in [7, 11) is 0. The first-order valence-corrected chi connectivity index (χ1v) is 10.1. The highest BCUT2D eigenvalue weighted by Crippen LogP contribution is 2.33. The number of hydrogen-bond donors (Lipinski definition) is 0. The molecule has 2 aromatic carbocycles. The molecule has 2 saturated heterocycles. The van der Waals surface area contributed by atoms with Crippen molar-refractivity contribution in [1.82, 2.24) is 4.90 Å². The fourth-order valence-electron chi connectivity index (χ4n) is 3.92. The van der Waals surface area contributed by atoms with Gasteiger partial charge < -0.3 is 9.47 Å². The lowest BCUT2D eigenvalue weighted by atomic mass is 9.98. The molecule has 0 N–H and O–H groups in total. The molecule has 0 amide bonds. The van der Waals surface area contributed by atoms with E-state index >= 15 is 0 Å². The van der Waals surface area contributed by atoms with E-state index in [9.17, 15) is 8.78 Å². The van der Waals surface area contributed by atoms with Gasteiger partial charge >= 0.3 is 0 Å². The van der Waals surface area contributed by atoms with Crippen LogP contribution in [0, 0.1) is 11.6 Å². The van der Waals surface area contributed by atoms with Gasteiger partial charge in [0.15, 0.2) is 0 Å². The van der Waals surface area contributed by atoms with E-state index in [2.05, 4.69) is 20.8 Å². The van der Waals surface area contributed by atoms with Gasteiger partial charge in [-0.2, -0.15) is 0 Å². The number of nitrogens with zero attached hydrogens (tertiary/aromatic N) is 1. The van der Waals surface area contributed by atoms with Crippen molar-refractivity contribution in [2.45, 2.75) is 37.5 Å². The van der Waals surface area contributed by atoms with Crippen LogP contribution in [0.5, 0.6) is 5.75 Å². The average Bonchev–Trinajstić information content (AvgIpc) is 3.14. The molecule has 0 unspecified atom stereocenters. The van der Waals surface area contributed by atoms with Crippen molar-refractivity contribution in [3.05, 3.63) is 64.1 Å². The van der Waals surface area contributed by atoms with Gasteiger partial charge in [-0.3, -0.25) is 4.90 Å². The van der Waals surface area contributed by atoms with Gasteiger partial charge in [-0.1, -0.05) is 15.9 Å². The lowest BCUT2D eigenvalue weighted by molar-refractivity contribution is -0.0361. The summed E-state index contributed by atoms with van der Waals surface area (Å²) in [4.78, 5) is 2.39. The second-order valence-electron chi connectivity index (χ2n) is 7.20. The van der Waals surface area contributed by atoms with E-state index in [1.165, 1.54) is 12.1 Å². The summed E-state index contributed by atoms with van der Waals surface area (Å²) < 4.78 is 40.4. The smallest absolute Gasteiger partial charge is 0.129 e. The molecular weight excluding hydrogens is 416 g/mol. The van der Waals surface area contributed by atoms with Crippen molar-refractivity contribution in [2.75, 3.05) is 19.7 Å². The molecule has 0 bridgehead atoms. The Morgan fingerprint density at radius 3 is 2.59 bits per heavy atom. The first-order valence-electron chi connectivity index (χ1n) is 9.31. The number of halogens is 3. The number of ether oxygens (including phenoxy) is 2. The maximum atomic E-state index is 14.0. The summed E-state index contributed by atoms with van der Waals surface area (Å²) in [5, 5.41) is 0. The molecule has 3 nitrogen and oxygen atoms in total. The molecule has 0 aromatic heterocycles. The Bertz CT molecular complexity index is 778. The van der Waals surface area contributed by atoms with Crippen LogP contribution < -0.4 is 4.74 Å². The Hall–Kier alpha value is -1.50. The van der Waals surface area contributed by atoms with Crippen molar-refractivity contribution >= 4 is 15.9 Å². The predicted octanol–water partition coefficient (Wildman–Crippen LogP) is 5.10. The minimum Gasteiger partial charge on any atom is -0.489 e. The van der Waals surface area contributed by atoms with Crippen LogP contribution in [0.3, 0.4) is 0 Å². The molecule has 2 aromatic rings. The van der Waals surface area contributed by atoms with Crippen LogP contribution in [0.4, 0.5) is 8.78 Å². The zero-order chi connectivity index (χ0) is 18.8. The standard InChI is InChI=1S/C21H22BrF2NO2/c22-14-1-5-17(6-2-14)27-18-9-10-25(12-18)16-4-8-21(26-13-16)19-11-15(23)3-7-20(19)24/h1-3,5-7,11,16,18,21H,4,8-10,12-13H2/t16-,18-,21+/m1/s1. The lowest BCUT2D eigenvalue weighted by Gasteiger charge is -2.35. The number of benzene rings is 2. The first-order chi connectivity index (χ1) is 13.1. The summed E-state index contributed by atoms with van der Waals surface area (Å²) in [6, 6.07) is 11.7. The summed E-state index contributed by atoms with van der Waals surface area (Å²) in [5.41, 5.74) is 0.325. The topological polar surface area (TPSA) is 21.7 Å². The molecule has 2 aliphatic heterocycles. The number of hydrogen-bond acceptors (Lipinski definition) is 3. The van der Waals surface area contributed by atoms with E-state index in [0.29, 0.717) is 24.6 Å². The molecule has 2 aliphatic rings. The van der Waals surface area contributed by atoms with E-state index in [1.807, 2.05) is 24.3 Å². The summed E-state index contributed by atoms with van der Waals surface area (Å²) in [6.07, 6.45) is 2.39. The fourth-order valence-corrected chi connectivity index (χ4v) is 4.18.